The maximum absolute atomic E-state index is 10.2. The molecule has 0 heterocycles. The minimum absolute atomic E-state index is 0.0603. The van der Waals surface area contributed by atoms with E-state index >= 15 is 0 Å². The predicted molar refractivity (Wildman–Crippen MR) is 34.8 cm³/mol. The lowest BCUT2D eigenvalue weighted by Gasteiger charge is -1.80. The number of hydrogen-bond donors (Lipinski definition) is 0. The molecule has 0 aliphatic heterocycles. The van der Waals surface area contributed by atoms with Gasteiger partial charge in [-0.05, 0) is 13.0 Å². The van der Waals surface area contributed by atoms with Crippen LogP contribution in [0, 0.1) is 0 Å². The highest BCUT2D eigenvalue weighted by molar-refractivity contribution is 6.32. The van der Waals surface area contributed by atoms with Gasteiger partial charge in [-0.2, -0.15) is 0 Å². The summed E-state index contributed by atoms with van der Waals surface area (Å²) >= 11 is 5.38. The highest BCUT2D eigenvalue weighted by Gasteiger charge is 1.85. The van der Waals surface area contributed by atoms with Gasteiger partial charge in [-0.1, -0.05) is 24.3 Å². The molecule has 0 unspecified atom stereocenters. The highest BCUT2D eigenvalue weighted by Crippen LogP contribution is 1.99. The zero-order chi connectivity index (χ0) is 6.57. The van der Waals surface area contributed by atoms with Gasteiger partial charge in [0.2, 0.25) is 0 Å². The molecule has 0 bridgehead atoms. The highest BCUT2D eigenvalue weighted by atomic mass is 35.5. The van der Waals surface area contributed by atoms with E-state index in [0.29, 0.717) is 5.03 Å². The Labute approximate surface area is 53.6 Å². The SMILES string of the molecule is C=C/C(Cl)=C\C(C)=O. The average molecular weight is 131 g/mol. The normalized spacial score (nSPS) is 11.0. The van der Waals surface area contributed by atoms with Crippen molar-refractivity contribution in [2.75, 3.05) is 0 Å². The predicted octanol–water partition coefficient (Wildman–Crippen LogP) is 1.88. The second kappa shape index (κ2) is 3.44. The van der Waals surface area contributed by atoms with Crippen molar-refractivity contribution >= 4 is 17.4 Å². The second-order valence-corrected chi connectivity index (χ2v) is 1.78. The number of carbonyl (C=O) groups excluding carboxylic acids is 1. The molecule has 0 saturated heterocycles. The van der Waals surface area contributed by atoms with Gasteiger partial charge >= 0.3 is 0 Å². The van der Waals surface area contributed by atoms with Crippen molar-refractivity contribution < 1.29 is 4.79 Å². The molecule has 0 N–H and O–H groups in total. The first kappa shape index (κ1) is 7.44. The van der Waals surface area contributed by atoms with Crippen molar-refractivity contribution in [1.29, 1.82) is 0 Å². The van der Waals surface area contributed by atoms with Crippen LogP contribution in [0.5, 0.6) is 0 Å². The number of ketones is 1. The molecule has 0 rings (SSSR count). The lowest BCUT2D eigenvalue weighted by atomic mass is 10.4. The third-order valence-electron chi connectivity index (χ3n) is 0.536. The first-order chi connectivity index (χ1) is 3.66. The molecule has 44 valence electrons. The molecule has 2 heteroatoms. The summed E-state index contributed by atoms with van der Waals surface area (Å²) in [6.45, 7) is 4.80. The molecule has 0 aromatic heterocycles. The van der Waals surface area contributed by atoms with E-state index in [-0.39, 0.29) is 5.78 Å². The van der Waals surface area contributed by atoms with Crippen LogP contribution in [0.25, 0.3) is 0 Å². The zero-order valence-electron chi connectivity index (χ0n) is 4.65. The van der Waals surface area contributed by atoms with Crippen LogP contribution in [0.4, 0.5) is 0 Å². The summed E-state index contributed by atoms with van der Waals surface area (Å²) in [5.74, 6) is -0.0603. The standard InChI is InChI=1S/C6H7ClO/c1-3-6(7)4-5(2)8/h3-4H,1H2,2H3/b6-4+. The minimum Gasteiger partial charge on any atom is -0.295 e. The van der Waals surface area contributed by atoms with Gasteiger partial charge in [0.1, 0.15) is 0 Å². The molecule has 0 radical (unpaired) electrons. The van der Waals surface area contributed by atoms with Gasteiger partial charge in [0, 0.05) is 5.03 Å². The van der Waals surface area contributed by atoms with Gasteiger partial charge in [0.25, 0.3) is 0 Å². The minimum atomic E-state index is -0.0603. The molecule has 1 nitrogen and oxygen atoms in total. The van der Waals surface area contributed by atoms with Crippen LogP contribution in [-0.4, -0.2) is 5.78 Å². The monoisotopic (exact) mass is 130 g/mol. The molecule has 0 fully saturated rings. The Morgan fingerprint density at radius 2 is 2.25 bits per heavy atom. The third-order valence-corrected chi connectivity index (χ3v) is 0.800. The molecule has 0 aromatic carbocycles. The fraction of sp³-hybridized carbons (Fsp3) is 0.167. The number of allylic oxidation sites excluding steroid dienone is 3. The van der Waals surface area contributed by atoms with E-state index in [1.807, 2.05) is 0 Å². The first-order valence-electron chi connectivity index (χ1n) is 2.17. The van der Waals surface area contributed by atoms with Crippen LogP contribution in [0.3, 0.4) is 0 Å². The Kier molecular flexibility index (Phi) is 3.20. The van der Waals surface area contributed by atoms with E-state index in [1.165, 1.54) is 19.1 Å². The summed E-state index contributed by atoms with van der Waals surface area (Å²) < 4.78 is 0. The maximum atomic E-state index is 10.2. The molecular weight excluding hydrogens is 124 g/mol. The maximum Gasteiger partial charge on any atom is 0.154 e. The topological polar surface area (TPSA) is 17.1 Å². The fourth-order valence-electron chi connectivity index (χ4n) is 0.253. The van der Waals surface area contributed by atoms with Crippen molar-refractivity contribution in [3.05, 3.63) is 23.8 Å². The molecule has 0 spiro atoms. The van der Waals surface area contributed by atoms with Crippen molar-refractivity contribution in [2.45, 2.75) is 6.92 Å². The summed E-state index contributed by atoms with van der Waals surface area (Å²) in [6.07, 6.45) is 2.73. The summed E-state index contributed by atoms with van der Waals surface area (Å²) in [5, 5.41) is 0.387. The smallest absolute Gasteiger partial charge is 0.154 e. The van der Waals surface area contributed by atoms with Crippen LogP contribution >= 0.6 is 11.6 Å². The summed E-state index contributed by atoms with van der Waals surface area (Å²) in [7, 11) is 0. The fourth-order valence-corrected chi connectivity index (χ4v) is 0.407. The quantitative estimate of drug-likeness (QED) is 0.412. The number of rotatable bonds is 2. The van der Waals surface area contributed by atoms with Crippen molar-refractivity contribution in [2.24, 2.45) is 0 Å². The van der Waals surface area contributed by atoms with Crippen LogP contribution in [0.1, 0.15) is 6.92 Å². The number of carbonyl (C=O) groups is 1. The van der Waals surface area contributed by atoms with Gasteiger partial charge in [0.15, 0.2) is 5.78 Å². The van der Waals surface area contributed by atoms with Crippen molar-refractivity contribution in [3.63, 3.8) is 0 Å². The Hall–Kier alpha value is -0.560. The van der Waals surface area contributed by atoms with E-state index in [9.17, 15) is 4.79 Å². The van der Waals surface area contributed by atoms with E-state index < -0.39 is 0 Å². The van der Waals surface area contributed by atoms with Crippen LogP contribution in [-0.2, 0) is 4.79 Å². The average Bonchev–Trinajstić information content (AvgIpc) is 1.65. The van der Waals surface area contributed by atoms with Gasteiger partial charge in [-0.3, -0.25) is 4.79 Å². The molecule has 0 amide bonds. The molecule has 0 aromatic rings. The number of halogens is 1. The molecule has 0 saturated carbocycles. The van der Waals surface area contributed by atoms with Gasteiger partial charge in [0.05, 0.1) is 0 Å². The van der Waals surface area contributed by atoms with Crippen LogP contribution in [0.15, 0.2) is 23.8 Å². The Bertz CT molecular complexity index is 135. The zero-order valence-corrected chi connectivity index (χ0v) is 5.40. The number of hydrogen-bond acceptors (Lipinski definition) is 1. The summed E-state index contributed by atoms with van der Waals surface area (Å²) in [4.78, 5) is 10.2. The molecule has 0 atom stereocenters. The Morgan fingerprint density at radius 3 is 2.38 bits per heavy atom. The van der Waals surface area contributed by atoms with Crippen molar-refractivity contribution in [3.8, 4) is 0 Å². The molecule has 8 heavy (non-hydrogen) atoms. The van der Waals surface area contributed by atoms with E-state index in [2.05, 4.69) is 6.58 Å². The van der Waals surface area contributed by atoms with E-state index in [1.54, 1.807) is 0 Å². The van der Waals surface area contributed by atoms with E-state index in [4.69, 9.17) is 11.6 Å². The van der Waals surface area contributed by atoms with Crippen LogP contribution in [0.2, 0.25) is 0 Å². The second-order valence-electron chi connectivity index (χ2n) is 1.34. The summed E-state index contributed by atoms with van der Waals surface area (Å²) in [6, 6.07) is 0. The van der Waals surface area contributed by atoms with E-state index in [0.717, 1.165) is 0 Å². The Morgan fingerprint density at radius 1 is 1.75 bits per heavy atom. The van der Waals surface area contributed by atoms with Gasteiger partial charge in [-0.15, -0.1) is 0 Å². The molecule has 0 aliphatic rings. The van der Waals surface area contributed by atoms with Gasteiger partial charge in [-0.25, -0.2) is 0 Å². The first-order valence-corrected chi connectivity index (χ1v) is 2.55. The third kappa shape index (κ3) is 3.62. The van der Waals surface area contributed by atoms with Crippen LogP contribution < -0.4 is 0 Å². The Balaban J connectivity index is 3.94. The molecule has 0 aliphatic carbocycles. The molecular formula is C6H7ClO. The van der Waals surface area contributed by atoms with Gasteiger partial charge < -0.3 is 0 Å². The van der Waals surface area contributed by atoms with Crippen molar-refractivity contribution in [1.82, 2.24) is 0 Å². The lowest BCUT2D eigenvalue weighted by molar-refractivity contribution is -0.112. The summed E-state index contributed by atoms with van der Waals surface area (Å²) in [5.41, 5.74) is 0. The largest absolute Gasteiger partial charge is 0.295 e. The lowest BCUT2D eigenvalue weighted by Crippen LogP contribution is -1.80.